The van der Waals surface area contributed by atoms with Gasteiger partial charge in [0, 0.05) is 0 Å². The van der Waals surface area contributed by atoms with Crippen LogP contribution >= 0.6 is 0 Å². The first-order chi connectivity index (χ1) is 8.66. The van der Waals surface area contributed by atoms with Gasteiger partial charge in [-0.2, -0.15) is 0 Å². The van der Waals surface area contributed by atoms with Crippen molar-refractivity contribution in [3.8, 4) is 0 Å². The van der Waals surface area contributed by atoms with Gasteiger partial charge in [0.2, 0.25) is 0 Å². The van der Waals surface area contributed by atoms with Gasteiger partial charge in [0.15, 0.2) is 12.1 Å². The van der Waals surface area contributed by atoms with E-state index in [1.807, 2.05) is 13.8 Å². The predicted octanol–water partition coefficient (Wildman–Crippen LogP) is 2.85. The van der Waals surface area contributed by atoms with E-state index < -0.39 is 0 Å². The molecule has 2 aliphatic rings. The standard InChI is InChI=1S/C14H26O4/c1-14(2)17-11-12(18-14)7-5-3-4-6-8-13-15-9-10-16-13/h12-13H,3-11H2,1-2H3/t12-/m0/s1. The summed E-state index contributed by atoms with van der Waals surface area (Å²) >= 11 is 0. The van der Waals surface area contributed by atoms with Gasteiger partial charge >= 0.3 is 0 Å². The number of hydrogen-bond acceptors (Lipinski definition) is 4. The van der Waals surface area contributed by atoms with Crippen molar-refractivity contribution in [1.82, 2.24) is 0 Å². The minimum Gasteiger partial charge on any atom is -0.350 e. The van der Waals surface area contributed by atoms with Crippen LogP contribution in [0.2, 0.25) is 0 Å². The quantitative estimate of drug-likeness (QED) is 0.658. The third kappa shape index (κ3) is 4.84. The SMILES string of the molecule is CC1(C)OC[C@H](CCCCCCC2OCCO2)O1. The molecule has 4 heteroatoms. The minimum atomic E-state index is -0.373. The lowest BCUT2D eigenvalue weighted by Gasteiger charge is -2.17. The molecule has 106 valence electrons. The van der Waals surface area contributed by atoms with Gasteiger partial charge in [-0.05, 0) is 33.1 Å². The van der Waals surface area contributed by atoms with Gasteiger partial charge in [0.25, 0.3) is 0 Å². The summed E-state index contributed by atoms with van der Waals surface area (Å²) in [7, 11) is 0. The molecule has 2 fully saturated rings. The molecule has 0 saturated carbocycles. The Morgan fingerprint density at radius 2 is 1.61 bits per heavy atom. The second kappa shape index (κ2) is 6.85. The highest BCUT2D eigenvalue weighted by atomic mass is 16.7. The van der Waals surface area contributed by atoms with Crippen LogP contribution in [-0.2, 0) is 18.9 Å². The van der Waals surface area contributed by atoms with Gasteiger partial charge < -0.3 is 18.9 Å². The van der Waals surface area contributed by atoms with Gasteiger partial charge in [-0.15, -0.1) is 0 Å². The highest BCUT2D eigenvalue weighted by Gasteiger charge is 2.31. The van der Waals surface area contributed by atoms with Crippen LogP contribution in [0.3, 0.4) is 0 Å². The van der Waals surface area contributed by atoms with Crippen molar-refractivity contribution in [1.29, 1.82) is 0 Å². The lowest BCUT2D eigenvalue weighted by molar-refractivity contribution is -0.139. The Morgan fingerprint density at radius 3 is 2.22 bits per heavy atom. The fourth-order valence-electron chi connectivity index (χ4n) is 2.52. The Labute approximate surface area is 110 Å². The van der Waals surface area contributed by atoms with Gasteiger partial charge in [0.1, 0.15) is 0 Å². The Bertz CT molecular complexity index is 236. The maximum Gasteiger partial charge on any atom is 0.163 e. The largest absolute Gasteiger partial charge is 0.350 e. The maximum absolute atomic E-state index is 5.77. The third-order valence-corrected chi connectivity index (χ3v) is 3.47. The molecule has 2 saturated heterocycles. The fraction of sp³-hybridized carbons (Fsp3) is 1.00. The summed E-state index contributed by atoms with van der Waals surface area (Å²) in [5.74, 6) is -0.373. The number of unbranched alkanes of at least 4 members (excludes halogenated alkanes) is 3. The highest BCUT2D eigenvalue weighted by molar-refractivity contribution is 4.70. The van der Waals surface area contributed by atoms with Crippen LogP contribution in [0.25, 0.3) is 0 Å². The van der Waals surface area contributed by atoms with E-state index in [1.54, 1.807) is 0 Å². The van der Waals surface area contributed by atoms with E-state index in [9.17, 15) is 0 Å². The smallest absolute Gasteiger partial charge is 0.163 e. The van der Waals surface area contributed by atoms with Crippen molar-refractivity contribution in [2.45, 2.75) is 70.6 Å². The predicted molar refractivity (Wildman–Crippen MR) is 68.3 cm³/mol. The first kappa shape index (κ1) is 14.3. The first-order valence-electron chi connectivity index (χ1n) is 7.21. The average molecular weight is 258 g/mol. The number of ether oxygens (including phenoxy) is 4. The van der Waals surface area contributed by atoms with E-state index in [0.717, 1.165) is 32.7 Å². The summed E-state index contributed by atoms with van der Waals surface area (Å²) < 4.78 is 22.1. The molecule has 0 spiro atoms. The zero-order valence-corrected chi connectivity index (χ0v) is 11.7. The van der Waals surface area contributed by atoms with Crippen LogP contribution in [-0.4, -0.2) is 38.0 Å². The van der Waals surface area contributed by atoms with Crippen LogP contribution < -0.4 is 0 Å². The Morgan fingerprint density at radius 1 is 0.944 bits per heavy atom. The maximum atomic E-state index is 5.77. The zero-order valence-electron chi connectivity index (χ0n) is 11.7. The number of hydrogen-bond donors (Lipinski definition) is 0. The Kier molecular flexibility index (Phi) is 5.42. The molecule has 0 N–H and O–H groups in total. The molecule has 0 unspecified atom stereocenters. The minimum absolute atomic E-state index is 0.0670. The van der Waals surface area contributed by atoms with Crippen molar-refractivity contribution < 1.29 is 18.9 Å². The lowest BCUT2D eigenvalue weighted by atomic mass is 10.1. The Balaban J connectivity index is 1.42. The molecule has 0 aromatic heterocycles. The molecule has 0 amide bonds. The van der Waals surface area contributed by atoms with Crippen molar-refractivity contribution in [3.05, 3.63) is 0 Å². The van der Waals surface area contributed by atoms with Crippen LogP contribution in [0.1, 0.15) is 52.4 Å². The number of rotatable bonds is 7. The molecule has 2 rings (SSSR count). The van der Waals surface area contributed by atoms with Crippen molar-refractivity contribution in [2.24, 2.45) is 0 Å². The summed E-state index contributed by atoms with van der Waals surface area (Å²) in [6.07, 6.45) is 7.43. The van der Waals surface area contributed by atoms with Crippen LogP contribution in [0.5, 0.6) is 0 Å². The van der Waals surface area contributed by atoms with E-state index in [2.05, 4.69) is 0 Å². The summed E-state index contributed by atoms with van der Waals surface area (Å²) in [4.78, 5) is 0. The monoisotopic (exact) mass is 258 g/mol. The molecule has 2 heterocycles. The molecule has 18 heavy (non-hydrogen) atoms. The first-order valence-corrected chi connectivity index (χ1v) is 7.21. The van der Waals surface area contributed by atoms with Gasteiger partial charge in [-0.1, -0.05) is 19.3 Å². The normalized spacial score (nSPS) is 28.0. The molecule has 0 aromatic rings. The molecule has 1 atom stereocenters. The molecule has 0 radical (unpaired) electrons. The second-order valence-electron chi connectivity index (χ2n) is 5.61. The molecule has 2 aliphatic heterocycles. The van der Waals surface area contributed by atoms with Crippen molar-refractivity contribution in [3.63, 3.8) is 0 Å². The topological polar surface area (TPSA) is 36.9 Å². The van der Waals surface area contributed by atoms with E-state index in [1.165, 1.54) is 25.7 Å². The summed E-state index contributed by atoms with van der Waals surface area (Å²) in [5.41, 5.74) is 0. The molecule has 0 aliphatic carbocycles. The van der Waals surface area contributed by atoms with Crippen molar-refractivity contribution in [2.75, 3.05) is 19.8 Å². The van der Waals surface area contributed by atoms with Crippen LogP contribution in [0.15, 0.2) is 0 Å². The summed E-state index contributed by atoms with van der Waals surface area (Å²) in [6, 6.07) is 0. The molecular weight excluding hydrogens is 232 g/mol. The van der Waals surface area contributed by atoms with Crippen molar-refractivity contribution >= 4 is 0 Å². The fourth-order valence-corrected chi connectivity index (χ4v) is 2.52. The van der Waals surface area contributed by atoms with Gasteiger partial charge in [-0.3, -0.25) is 0 Å². The Hall–Kier alpha value is -0.160. The van der Waals surface area contributed by atoms with E-state index in [-0.39, 0.29) is 12.1 Å². The van der Waals surface area contributed by atoms with E-state index in [0.29, 0.717) is 6.10 Å². The highest BCUT2D eigenvalue weighted by Crippen LogP contribution is 2.25. The summed E-state index contributed by atoms with van der Waals surface area (Å²) in [6.45, 7) is 6.24. The average Bonchev–Trinajstić information content (AvgIpc) is 2.93. The summed E-state index contributed by atoms with van der Waals surface area (Å²) in [5, 5.41) is 0. The molecule has 4 nitrogen and oxygen atoms in total. The second-order valence-corrected chi connectivity index (χ2v) is 5.61. The third-order valence-electron chi connectivity index (χ3n) is 3.47. The van der Waals surface area contributed by atoms with E-state index in [4.69, 9.17) is 18.9 Å². The van der Waals surface area contributed by atoms with Crippen LogP contribution in [0, 0.1) is 0 Å². The van der Waals surface area contributed by atoms with Gasteiger partial charge in [0.05, 0.1) is 25.9 Å². The van der Waals surface area contributed by atoms with Gasteiger partial charge in [-0.25, -0.2) is 0 Å². The molecule has 0 aromatic carbocycles. The molecular formula is C14H26O4. The molecule has 0 bridgehead atoms. The van der Waals surface area contributed by atoms with Crippen LogP contribution in [0.4, 0.5) is 0 Å². The lowest BCUT2D eigenvalue weighted by Crippen LogP contribution is -2.21. The zero-order chi connectivity index (χ0) is 12.8. The van der Waals surface area contributed by atoms with E-state index >= 15 is 0 Å².